The van der Waals surface area contributed by atoms with Crippen LogP contribution in [0.25, 0.3) is 0 Å². The molecule has 0 atom stereocenters. The van der Waals surface area contributed by atoms with Gasteiger partial charge in [0.15, 0.2) is 0 Å². The molecular formula is C11H15NO. The lowest BCUT2D eigenvalue weighted by Gasteiger charge is -2.02. The molecule has 70 valence electrons. The number of carbonyl (C=O) groups is 1. The molecule has 0 saturated carbocycles. The molecule has 0 unspecified atom stereocenters. The quantitative estimate of drug-likeness (QED) is 0.536. The molecule has 0 aromatic heterocycles. The van der Waals surface area contributed by atoms with Crippen molar-refractivity contribution in [3.05, 3.63) is 35.4 Å². The molecule has 0 bridgehead atoms. The van der Waals surface area contributed by atoms with E-state index < -0.39 is 0 Å². The van der Waals surface area contributed by atoms with Gasteiger partial charge in [-0.15, -0.1) is 0 Å². The molecule has 0 radical (unpaired) electrons. The molecule has 0 fully saturated rings. The Morgan fingerprint density at radius 2 is 2.15 bits per heavy atom. The summed E-state index contributed by atoms with van der Waals surface area (Å²) in [6.07, 6.45) is 2.71. The lowest BCUT2D eigenvalue weighted by atomic mass is 10.1. The van der Waals surface area contributed by atoms with Crippen molar-refractivity contribution in [3.63, 3.8) is 0 Å². The number of hydrogen-bond donors (Lipinski definition) is 1. The first-order valence-electron chi connectivity index (χ1n) is 4.61. The summed E-state index contributed by atoms with van der Waals surface area (Å²) in [5, 5.41) is 2.65. The molecule has 1 amide bonds. The van der Waals surface area contributed by atoms with Gasteiger partial charge in [0, 0.05) is 6.54 Å². The fraction of sp³-hybridized carbons (Fsp3) is 0.364. The van der Waals surface area contributed by atoms with Gasteiger partial charge in [0.2, 0.25) is 6.41 Å². The summed E-state index contributed by atoms with van der Waals surface area (Å²) in [6, 6.07) is 8.46. The second-order valence-electron chi connectivity index (χ2n) is 3.00. The minimum absolute atomic E-state index is 0.719. The van der Waals surface area contributed by atoms with Crippen LogP contribution in [0.15, 0.2) is 24.3 Å². The van der Waals surface area contributed by atoms with Crippen LogP contribution < -0.4 is 5.32 Å². The smallest absolute Gasteiger partial charge is 0.207 e. The molecule has 1 aromatic rings. The Morgan fingerprint density at radius 3 is 2.85 bits per heavy atom. The maximum absolute atomic E-state index is 10.0. The summed E-state index contributed by atoms with van der Waals surface area (Å²) in [4.78, 5) is 10.0. The Balaban J connectivity index is 2.50. The number of carbonyl (C=O) groups excluding carboxylic acids is 1. The number of benzene rings is 1. The first kappa shape index (κ1) is 9.78. The van der Waals surface area contributed by atoms with Gasteiger partial charge >= 0.3 is 0 Å². The largest absolute Gasteiger partial charge is 0.358 e. The number of rotatable bonds is 5. The third-order valence-corrected chi connectivity index (χ3v) is 2.04. The average Bonchev–Trinajstić information content (AvgIpc) is 2.19. The van der Waals surface area contributed by atoms with E-state index in [0.29, 0.717) is 0 Å². The van der Waals surface area contributed by atoms with Crippen LogP contribution in [0.2, 0.25) is 0 Å². The number of hydrogen-bond acceptors (Lipinski definition) is 1. The van der Waals surface area contributed by atoms with Crippen molar-refractivity contribution >= 4 is 6.41 Å². The Kier molecular flexibility index (Phi) is 4.03. The van der Waals surface area contributed by atoms with Crippen molar-refractivity contribution in [1.29, 1.82) is 0 Å². The van der Waals surface area contributed by atoms with Gasteiger partial charge in [-0.05, 0) is 24.0 Å². The lowest BCUT2D eigenvalue weighted by Crippen LogP contribution is -2.14. The van der Waals surface area contributed by atoms with Crippen LogP contribution in [0, 0.1) is 0 Å². The highest BCUT2D eigenvalue weighted by Gasteiger charge is 1.93. The summed E-state index contributed by atoms with van der Waals surface area (Å²) < 4.78 is 0. The summed E-state index contributed by atoms with van der Waals surface area (Å²) >= 11 is 0. The number of aryl methyl sites for hydroxylation is 1. The van der Waals surface area contributed by atoms with E-state index in [1.807, 2.05) is 0 Å². The fourth-order valence-corrected chi connectivity index (χ4v) is 1.28. The van der Waals surface area contributed by atoms with Crippen molar-refractivity contribution in [2.24, 2.45) is 0 Å². The van der Waals surface area contributed by atoms with Gasteiger partial charge in [0.05, 0.1) is 0 Å². The summed E-state index contributed by atoms with van der Waals surface area (Å²) in [5.74, 6) is 0. The second-order valence-corrected chi connectivity index (χ2v) is 3.00. The zero-order valence-corrected chi connectivity index (χ0v) is 7.92. The average molecular weight is 177 g/mol. The first-order valence-corrected chi connectivity index (χ1v) is 4.61. The molecule has 0 aliphatic rings. The van der Waals surface area contributed by atoms with E-state index in [1.54, 1.807) is 0 Å². The number of nitrogens with one attached hydrogen (secondary N) is 1. The van der Waals surface area contributed by atoms with Crippen molar-refractivity contribution in [1.82, 2.24) is 5.32 Å². The van der Waals surface area contributed by atoms with Crippen LogP contribution in [0.1, 0.15) is 18.1 Å². The predicted octanol–water partition coefficient (Wildman–Crippen LogP) is 1.54. The summed E-state index contributed by atoms with van der Waals surface area (Å²) in [7, 11) is 0. The normalized spacial score (nSPS) is 9.62. The topological polar surface area (TPSA) is 29.1 Å². The van der Waals surface area contributed by atoms with E-state index in [0.717, 1.165) is 25.8 Å². The molecule has 1 rings (SSSR count). The van der Waals surface area contributed by atoms with Crippen LogP contribution in [0.4, 0.5) is 0 Å². The molecular weight excluding hydrogens is 162 g/mol. The zero-order valence-electron chi connectivity index (χ0n) is 7.92. The fourth-order valence-electron chi connectivity index (χ4n) is 1.28. The van der Waals surface area contributed by atoms with Crippen molar-refractivity contribution in [2.45, 2.75) is 19.8 Å². The van der Waals surface area contributed by atoms with Crippen molar-refractivity contribution in [2.75, 3.05) is 6.54 Å². The maximum Gasteiger partial charge on any atom is 0.207 e. The Morgan fingerprint density at radius 1 is 1.38 bits per heavy atom. The Bertz CT molecular complexity index is 271. The van der Waals surface area contributed by atoms with Crippen LogP contribution in [-0.4, -0.2) is 13.0 Å². The van der Waals surface area contributed by atoms with E-state index in [9.17, 15) is 4.79 Å². The number of amides is 1. The predicted molar refractivity (Wildman–Crippen MR) is 53.6 cm³/mol. The standard InChI is InChI=1S/C11H15NO/c1-2-10-4-3-5-11(8-10)6-7-12-9-13/h3-5,8-9H,2,6-7H2,1H3,(H,12,13). The van der Waals surface area contributed by atoms with Gasteiger partial charge in [-0.25, -0.2) is 0 Å². The van der Waals surface area contributed by atoms with Crippen LogP contribution >= 0.6 is 0 Å². The molecule has 0 aliphatic carbocycles. The molecule has 0 saturated heterocycles. The highest BCUT2D eigenvalue weighted by atomic mass is 16.1. The Labute approximate surface area is 79.0 Å². The van der Waals surface area contributed by atoms with Gasteiger partial charge in [0.1, 0.15) is 0 Å². The molecule has 1 N–H and O–H groups in total. The van der Waals surface area contributed by atoms with E-state index in [2.05, 4.69) is 36.5 Å². The van der Waals surface area contributed by atoms with E-state index in [4.69, 9.17) is 0 Å². The van der Waals surface area contributed by atoms with Gasteiger partial charge in [-0.3, -0.25) is 4.79 Å². The Hall–Kier alpha value is -1.31. The minimum atomic E-state index is 0.719. The van der Waals surface area contributed by atoms with E-state index in [-0.39, 0.29) is 0 Å². The van der Waals surface area contributed by atoms with Crippen molar-refractivity contribution < 1.29 is 4.79 Å². The van der Waals surface area contributed by atoms with Gasteiger partial charge in [0.25, 0.3) is 0 Å². The third kappa shape index (κ3) is 3.28. The molecule has 13 heavy (non-hydrogen) atoms. The monoisotopic (exact) mass is 177 g/mol. The molecule has 0 spiro atoms. The molecule has 0 heterocycles. The first-order chi connectivity index (χ1) is 6.36. The maximum atomic E-state index is 10.0. The van der Waals surface area contributed by atoms with Gasteiger partial charge in [-0.1, -0.05) is 31.2 Å². The minimum Gasteiger partial charge on any atom is -0.358 e. The van der Waals surface area contributed by atoms with Crippen molar-refractivity contribution in [3.8, 4) is 0 Å². The van der Waals surface area contributed by atoms with E-state index in [1.165, 1.54) is 11.1 Å². The van der Waals surface area contributed by atoms with Crippen LogP contribution in [-0.2, 0) is 17.6 Å². The third-order valence-electron chi connectivity index (χ3n) is 2.04. The molecule has 2 heteroatoms. The van der Waals surface area contributed by atoms with Crippen LogP contribution in [0.3, 0.4) is 0 Å². The lowest BCUT2D eigenvalue weighted by molar-refractivity contribution is -0.109. The summed E-state index contributed by atoms with van der Waals surface area (Å²) in [6.45, 7) is 2.86. The second kappa shape index (κ2) is 5.36. The zero-order chi connectivity index (χ0) is 9.52. The molecule has 0 aliphatic heterocycles. The van der Waals surface area contributed by atoms with Crippen LogP contribution in [0.5, 0.6) is 0 Å². The highest BCUT2D eigenvalue weighted by molar-refractivity contribution is 5.45. The SMILES string of the molecule is CCc1cccc(CCNC=O)c1. The van der Waals surface area contributed by atoms with E-state index >= 15 is 0 Å². The van der Waals surface area contributed by atoms with Gasteiger partial charge < -0.3 is 5.32 Å². The summed E-state index contributed by atoms with van der Waals surface area (Å²) in [5.41, 5.74) is 2.64. The highest BCUT2D eigenvalue weighted by Crippen LogP contribution is 2.05. The molecule has 2 nitrogen and oxygen atoms in total. The molecule has 1 aromatic carbocycles. The van der Waals surface area contributed by atoms with Gasteiger partial charge in [-0.2, -0.15) is 0 Å².